The molecule has 0 bridgehead atoms. The fourth-order valence-electron chi connectivity index (χ4n) is 1.93. The Morgan fingerprint density at radius 2 is 2.07 bits per heavy atom. The quantitative estimate of drug-likeness (QED) is 0.464. The van der Waals surface area contributed by atoms with Crippen LogP contribution in [0.25, 0.3) is 0 Å². The van der Waals surface area contributed by atoms with Gasteiger partial charge in [0.15, 0.2) is 0 Å². The van der Waals surface area contributed by atoms with Gasteiger partial charge in [-0.05, 0) is 12.5 Å². The van der Waals surface area contributed by atoms with E-state index >= 15 is 0 Å². The van der Waals surface area contributed by atoms with E-state index in [1.54, 1.807) is 0 Å². The Morgan fingerprint density at radius 3 is 2.79 bits per heavy atom. The van der Waals surface area contributed by atoms with E-state index < -0.39 is 0 Å². The molecule has 0 unspecified atom stereocenters. The summed E-state index contributed by atoms with van der Waals surface area (Å²) < 4.78 is 5.26. The van der Waals surface area contributed by atoms with Crippen molar-refractivity contribution in [3.8, 4) is 5.75 Å². The Bertz CT molecular complexity index is 391. The summed E-state index contributed by atoms with van der Waals surface area (Å²) in [7, 11) is 0. The SMILES string of the molecule is Cc1cccc2c1OC(=O)CC2(C)C. The van der Waals surface area contributed by atoms with Gasteiger partial charge in [-0.3, -0.25) is 4.79 Å². The van der Waals surface area contributed by atoms with Gasteiger partial charge in [-0.2, -0.15) is 0 Å². The molecule has 0 atom stereocenters. The fourth-order valence-corrected chi connectivity index (χ4v) is 1.93. The van der Waals surface area contributed by atoms with Gasteiger partial charge in [0.2, 0.25) is 0 Å². The molecule has 0 saturated carbocycles. The molecule has 0 amide bonds. The third kappa shape index (κ3) is 1.31. The smallest absolute Gasteiger partial charge is 0.312 e. The summed E-state index contributed by atoms with van der Waals surface area (Å²) >= 11 is 0. The summed E-state index contributed by atoms with van der Waals surface area (Å²) in [5.74, 6) is 0.630. The van der Waals surface area contributed by atoms with Crippen LogP contribution < -0.4 is 4.74 Å². The predicted octanol–water partition coefficient (Wildman–Crippen LogP) is 2.58. The first kappa shape index (κ1) is 9.25. The van der Waals surface area contributed by atoms with Crippen molar-refractivity contribution in [2.75, 3.05) is 0 Å². The lowest BCUT2D eigenvalue weighted by Gasteiger charge is -2.31. The molecule has 1 aliphatic heterocycles. The van der Waals surface area contributed by atoms with Crippen LogP contribution in [-0.2, 0) is 10.2 Å². The molecule has 2 rings (SSSR count). The van der Waals surface area contributed by atoms with Crippen LogP contribution in [-0.4, -0.2) is 5.97 Å². The van der Waals surface area contributed by atoms with E-state index in [4.69, 9.17) is 4.74 Å². The van der Waals surface area contributed by atoms with E-state index in [2.05, 4.69) is 13.8 Å². The minimum Gasteiger partial charge on any atom is -0.426 e. The van der Waals surface area contributed by atoms with Crippen LogP contribution in [0, 0.1) is 6.92 Å². The van der Waals surface area contributed by atoms with E-state index in [0.717, 1.165) is 16.9 Å². The fraction of sp³-hybridized carbons (Fsp3) is 0.417. The van der Waals surface area contributed by atoms with Crippen molar-refractivity contribution in [1.29, 1.82) is 0 Å². The second-order valence-electron chi connectivity index (χ2n) is 4.49. The molecule has 0 saturated heterocycles. The van der Waals surface area contributed by atoms with Gasteiger partial charge in [0.05, 0.1) is 6.42 Å². The average Bonchev–Trinajstić information content (AvgIpc) is 2.05. The van der Waals surface area contributed by atoms with E-state index in [-0.39, 0.29) is 11.4 Å². The van der Waals surface area contributed by atoms with Gasteiger partial charge >= 0.3 is 5.97 Å². The van der Waals surface area contributed by atoms with E-state index in [9.17, 15) is 4.79 Å². The summed E-state index contributed by atoms with van der Waals surface area (Å²) in [5, 5.41) is 0. The molecule has 0 fully saturated rings. The monoisotopic (exact) mass is 190 g/mol. The molecule has 0 aromatic heterocycles. The van der Waals surface area contributed by atoms with Gasteiger partial charge in [-0.25, -0.2) is 0 Å². The number of aryl methyl sites for hydroxylation is 1. The van der Waals surface area contributed by atoms with Crippen molar-refractivity contribution in [2.45, 2.75) is 32.6 Å². The number of fused-ring (bicyclic) bond motifs is 1. The zero-order valence-electron chi connectivity index (χ0n) is 8.76. The van der Waals surface area contributed by atoms with Gasteiger partial charge in [0, 0.05) is 11.0 Å². The van der Waals surface area contributed by atoms with Crippen LogP contribution in [0.3, 0.4) is 0 Å². The van der Waals surface area contributed by atoms with Crippen molar-refractivity contribution in [3.05, 3.63) is 29.3 Å². The lowest BCUT2D eigenvalue weighted by molar-refractivity contribution is -0.137. The predicted molar refractivity (Wildman–Crippen MR) is 54.5 cm³/mol. The number of hydrogen-bond acceptors (Lipinski definition) is 2. The van der Waals surface area contributed by atoms with Crippen LogP contribution in [0.5, 0.6) is 5.75 Å². The molecule has 2 heteroatoms. The van der Waals surface area contributed by atoms with E-state index in [0.29, 0.717) is 6.42 Å². The highest BCUT2D eigenvalue weighted by Gasteiger charge is 2.34. The minimum atomic E-state index is -0.128. The molecule has 14 heavy (non-hydrogen) atoms. The number of benzene rings is 1. The number of hydrogen-bond donors (Lipinski definition) is 0. The zero-order chi connectivity index (χ0) is 10.3. The Kier molecular flexibility index (Phi) is 1.88. The Morgan fingerprint density at radius 1 is 1.36 bits per heavy atom. The molecule has 74 valence electrons. The van der Waals surface area contributed by atoms with E-state index in [1.807, 2.05) is 25.1 Å². The van der Waals surface area contributed by atoms with Gasteiger partial charge in [-0.1, -0.05) is 32.0 Å². The Balaban J connectivity index is 2.63. The average molecular weight is 190 g/mol. The summed E-state index contributed by atoms with van der Waals surface area (Å²) in [6, 6.07) is 6.01. The van der Waals surface area contributed by atoms with Crippen molar-refractivity contribution in [3.63, 3.8) is 0 Å². The summed E-state index contributed by atoms with van der Waals surface area (Å²) in [6.45, 7) is 6.12. The third-order valence-electron chi connectivity index (χ3n) is 2.74. The van der Waals surface area contributed by atoms with Crippen molar-refractivity contribution < 1.29 is 9.53 Å². The third-order valence-corrected chi connectivity index (χ3v) is 2.74. The normalized spacial score (nSPS) is 18.6. The summed E-state index contributed by atoms with van der Waals surface area (Å²) in [4.78, 5) is 11.4. The molecule has 1 aromatic rings. The van der Waals surface area contributed by atoms with E-state index in [1.165, 1.54) is 0 Å². The van der Waals surface area contributed by atoms with Crippen molar-refractivity contribution >= 4 is 5.97 Å². The molecule has 2 nitrogen and oxygen atoms in total. The first-order chi connectivity index (χ1) is 6.50. The molecular weight excluding hydrogens is 176 g/mol. The minimum absolute atomic E-state index is 0.101. The number of esters is 1. The molecule has 0 aliphatic carbocycles. The topological polar surface area (TPSA) is 26.3 Å². The van der Waals surface area contributed by atoms with Crippen LogP contribution in [0.1, 0.15) is 31.4 Å². The molecular formula is C12H14O2. The first-order valence-corrected chi connectivity index (χ1v) is 4.81. The number of para-hydroxylation sites is 1. The number of ether oxygens (including phenoxy) is 1. The van der Waals surface area contributed by atoms with Gasteiger partial charge in [-0.15, -0.1) is 0 Å². The maximum atomic E-state index is 11.4. The maximum Gasteiger partial charge on any atom is 0.312 e. The molecule has 0 spiro atoms. The molecule has 0 radical (unpaired) electrons. The van der Waals surface area contributed by atoms with Gasteiger partial charge < -0.3 is 4.74 Å². The Hall–Kier alpha value is -1.31. The van der Waals surface area contributed by atoms with Crippen LogP contribution >= 0.6 is 0 Å². The zero-order valence-corrected chi connectivity index (χ0v) is 8.76. The number of rotatable bonds is 0. The van der Waals surface area contributed by atoms with Gasteiger partial charge in [0.25, 0.3) is 0 Å². The number of carbonyl (C=O) groups excluding carboxylic acids is 1. The van der Waals surface area contributed by atoms with Crippen LogP contribution in [0.15, 0.2) is 18.2 Å². The van der Waals surface area contributed by atoms with Crippen LogP contribution in [0.4, 0.5) is 0 Å². The maximum absolute atomic E-state index is 11.4. The number of carbonyl (C=O) groups is 1. The molecule has 1 heterocycles. The Labute approximate surface area is 83.9 Å². The standard InChI is InChI=1S/C12H14O2/c1-8-5-4-6-9-11(8)14-10(13)7-12(9,2)3/h4-6H,7H2,1-3H3. The van der Waals surface area contributed by atoms with Crippen molar-refractivity contribution in [2.24, 2.45) is 0 Å². The van der Waals surface area contributed by atoms with Gasteiger partial charge in [0.1, 0.15) is 5.75 Å². The molecule has 0 N–H and O–H groups in total. The summed E-state index contributed by atoms with van der Waals surface area (Å²) in [5.41, 5.74) is 2.07. The van der Waals surface area contributed by atoms with Crippen molar-refractivity contribution in [1.82, 2.24) is 0 Å². The summed E-state index contributed by atoms with van der Waals surface area (Å²) in [6.07, 6.45) is 0.462. The van der Waals surface area contributed by atoms with Crippen LogP contribution in [0.2, 0.25) is 0 Å². The lowest BCUT2D eigenvalue weighted by atomic mass is 9.79. The second kappa shape index (κ2) is 2.84. The molecule has 1 aromatic carbocycles. The largest absolute Gasteiger partial charge is 0.426 e. The lowest BCUT2D eigenvalue weighted by Crippen LogP contribution is -2.31. The molecule has 1 aliphatic rings. The first-order valence-electron chi connectivity index (χ1n) is 4.81. The highest BCUT2D eigenvalue weighted by molar-refractivity contribution is 5.78. The second-order valence-corrected chi connectivity index (χ2v) is 4.49. The highest BCUT2D eigenvalue weighted by Crippen LogP contribution is 2.40. The highest BCUT2D eigenvalue weighted by atomic mass is 16.5.